The molecule has 0 fully saturated rings. The third-order valence-electron chi connectivity index (χ3n) is 3.59. The van der Waals surface area contributed by atoms with Gasteiger partial charge in [0.15, 0.2) is 0 Å². The molecule has 1 atom stereocenters. The predicted molar refractivity (Wildman–Crippen MR) is 88.5 cm³/mol. The largest absolute Gasteiger partial charge is 0.330 e. The molecule has 1 heterocycles. The molecular weight excluding hydrogens is 288 g/mol. The average Bonchev–Trinajstić information content (AvgIpc) is 2.84. The van der Waals surface area contributed by atoms with Crippen LogP contribution in [0.4, 0.5) is 0 Å². The van der Waals surface area contributed by atoms with Gasteiger partial charge in [-0.1, -0.05) is 48.9 Å². The molecule has 0 bridgehead atoms. The van der Waals surface area contributed by atoms with Crippen LogP contribution in [-0.2, 0) is 12.0 Å². The fourth-order valence-corrected chi connectivity index (χ4v) is 3.64. The summed E-state index contributed by atoms with van der Waals surface area (Å²) in [6.45, 7) is 4.68. The van der Waals surface area contributed by atoms with Crippen molar-refractivity contribution in [1.82, 2.24) is 4.90 Å². The van der Waals surface area contributed by atoms with E-state index in [0.29, 0.717) is 6.54 Å². The molecule has 1 unspecified atom stereocenters. The molecule has 20 heavy (non-hydrogen) atoms. The van der Waals surface area contributed by atoms with Gasteiger partial charge >= 0.3 is 0 Å². The summed E-state index contributed by atoms with van der Waals surface area (Å²) in [5.74, 6) is 0. The monoisotopic (exact) mass is 308 g/mol. The lowest BCUT2D eigenvalue weighted by Crippen LogP contribution is -2.42. The summed E-state index contributed by atoms with van der Waals surface area (Å²) < 4.78 is 0.845. The number of rotatable bonds is 6. The molecule has 0 spiro atoms. The van der Waals surface area contributed by atoms with Crippen molar-refractivity contribution in [2.45, 2.75) is 18.9 Å². The lowest BCUT2D eigenvalue weighted by atomic mass is 9.82. The molecule has 0 aliphatic carbocycles. The molecule has 108 valence electrons. The number of likely N-dealkylation sites (N-methyl/N-ethyl adjacent to an activating group) is 1. The second-order valence-electron chi connectivity index (χ2n) is 5.51. The summed E-state index contributed by atoms with van der Waals surface area (Å²) in [5, 5.41) is 0. The van der Waals surface area contributed by atoms with E-state index in [1.165, 1.54) is 10.4 Å². The lowest BCUT2D eigenvalue weighted by Gasteiger charge is -2.33. The molecule has 2 nitrogen and oxygen atoms in total. The molecule has 2 N–H and O–H groups in total. The Labute approximate surface area is 130 Å². The van der Waals surface area contributed by atoms with E-state index in [9.17, 15) is 0 Å². The van der Waals surface area contributed by atoms with Crippen molar-refractivity contribution in [3.63, 3.8) is 0 Å². The number of hydrogen-bond donors (Lipinski definition) is 1. The second-order valence-corrected chi connectivity index (χ2v) is 7.31. The van der Waals surface area contributed by atoms with Crippen molar-refractivity contribution in [2.75, 3.05) is 20.1 Å². The fraction of sp³-hybridized carbons (Fsp3) is 0.375. The molecule has 4 heteroatoms. The van der Waals surface area contributed by atoms with Crippen molar-refractivity contribution in [3.05, 3.63) is 57.2 Å². The summed E-state index contributed by atoms with van der Waals surface area (Å²) in [6.07, 6.45) is 0. The third-order valence-corrected chi connectivity index (χ3v) is 4.81. The van der Waals surface area contributed by atoms with Gasteiger partial charge in [0, 0.05) is 29.9 Å². The Morgan fingerprint density at radius 1 is 1.20 bits per heavy atom. The van der Waals surface area contributed by atoms with E-state index in [0.717, 1.165) is 17.4 Å². The summed E-state index contributed by atoms with van der Waals surface area (Å²) in [4.78, 5) is 3.59. The third kappa shape index (κ3) is 3.83. The van der Waals surface area contributed by atoms with Gasteiger partial charge in [0.25, 0.3) is 0 Å². The minimum Gasteiger partial charge on any atom is -0.330 e. The van der Waals surface area contributed by atoms with Gasteiger partial charge in [0.2, 0.25) is 0 Å². The zero-order valence-electron chi connectivity index (χ0n) is 12.0. The molecule has 2 rings (SSSR count). The van der Waals surface area contributed by atoms with Crippen LogP contribution in [0.3, 0.4) is 0 Å². The maximum atomic E-state index is 6.04. The smallest absolute Gasteiger partial charge is 0.0931 e. The van der Waals surface area contributed by atoms with Crippen LogP contribution in [0.5, 0.6) is 0 Å². The zero-order valence-corrected chi connectivity index (χ0v) is 13.5. The number of hydrogen-bond acceptors (Lipinski definition) is 3. The van der Waals surface area contributed by atoms with E-state index in [1.807, 2.05) is 12.1 Å². The van der Waals surface area contributed by atoms with E-state index in [2.05, 4.69) is 49.2 Å². The van der Waals surface area contributed by atoms with Gasteiger partial charge in [-0.2, -0.15) is 0 Å². The first kappa shape index (κ1) is 15.5. The highest BCUT2D eigenvalue weighted by atomic mass is 35.5. The Balaban J connectivity index is 2.06. The molecule has 1 aromatic heterocycles. The van der Waals surface area contributed by atoms with E-state index in [4.69, 9.17) is 17.3 Å². The van der Waals surface area contributed by atoms with Crippen LogP contribution in [-0.4, -0.2) is 25.0 Å². The van der Waals surface area contributed by atoms with E-state index in [-0.39, 0.29) is 5.41 Å². The molecule has 0 saturated heterocycles. The minimum atomic E-state index is -0.0307. The van der Waals surface area contributed by atoms with Crippen LogP contribution >= 0.6 is 22.9 Å². The molecule has 0 radical (unpaired) electrons. The first-order valence-electron chi connectivity index (χ1n) is 6.72. The van der Waals surface area contributed by atoms with Crippen molar-refractivity contribution in [2.24, 2.45) is 5.73 Å². The quantitative estimate of drug-likeness (QED) is 0.880. The molecule has 0 saturated carbocycles. The van der Waals surface area contributed by atoms with E-state index >= 15 is 0 Å². The van der Waals surface area contributed by atoms with Gasteiger partial charge in [0.1, 0.15) is 0 Å². The Kier molecular flexibility index (Phi) is 5.22. The minimum absolute atomic E-state index is 0.0307. The van der Waals surface area contributed by atoms with Gasteiger partial charge in [-0.15, -0.1) is 11.3 Å². The summed E-state index contributed by atoms with van der Waals surface area (Å²) in [6, 6.07) is 14.5. The maximum absolute atomic E-state index is 6.04. The van der Waals surface area contributed by atoms with E-state index < -0.39 is 0 Å². The number of thiophene rings is 1. The Hall–Kier alpha value is -0.870. The van der Waals surface area contributed by atoms with Crippen molar-refractivity contribution in [3.8, 4) is 0 Å². The standard InChI is InChI=1S/C16H21ClN2S/c1-16(11-18,13-6-4-3-5-7-13)12-19(2)10-14-8-9-15(17)20-14/h3-9H,10-12,18H2,1-2H3. The Bertz CT molecular complexity index is 540. The molecule has 2 aromatic rings. The molecular formula is C16H21ClN2S. The second kappa shape index (κ2) is 6.72. The predicted octanol–water partition coefficient (Wildman–Crippen LogP) is 3.75. The van der Waals surface area contributed by atoms with Gasteiger partial charge in [-0.05, 0) is 24.7 Å². The Morgan fingerprint density at radius 3 is 2.45 bits per heavy atom. The normalized spacial score (nSPS) is 14.4. The first-order chi connectivity index (χ1) is 9.53. The van der Waals surface area contributed by atoms with Crippen LogP contribution in [0.25, 0.3) is 0 Å². The van der Waals surface area contributed by atoms with Crippen LogP contribution < -0.4 is 5.73 Å². The zero-order chi connectivity index (χ0) is 14.6. The first-order valence-corrected chi connectivity index (χ1v) is 7.91. The van der Waals surface area contributed by atoms with Crippen molar-refractivity contribution in [1.29, 1.82) is 0 Å². The number of benzene rings is 1. The summed E-state index contributed by atoms with van der Waals surface area (Å²) in [5.41, 5.74) is 7.30. The van der Waals surface area contributed by atoms with Gasteiger partial charge in [-0.25, -0.2) is 0 Å². The number of nitrogens with two attached hydrogens (primary N) is 1. The highest BCUT2D eigenvalue weighted by Gasteiger charge is 2.26. The van der Waals surface area contributed by atoms with Gasteiger partial charge in [0.05, 0.1) is 4.34 Å². The Morgan fingerprint density at radius 2 is 1.90 bits per heavy atom. The van der Waals surface area contributed by atoms with Gasteiger partial charge in [-0.3, -0.25) is 0 Å². The van der Waals surface area contributed by atoms with E-state index in [1.54, 1.807) is 11.3 Å². The molecule has 0 aliphatic rings. The molecule has 1 aromatic carbocycles. The van der Waals surface area contributed by atoms with Crippen LogP contribution in [0.15, 0.2) is 42.5 Å². The average molecular weight is 309 g/mol. The number of halogens is 1. The SMILES string of the molecule is CN(Cc1ccc(Cl)s1)CC(C)(CN)c1ccccc1. The van der Waals surface area contributed by atoms with Crippen LogP contribution in [0.2, 0.25) is 4.34 Å². The van der Waals surface area contributed by atoms with Gasteiger partial charge < -0.3 is 10.6 Å². The van der Waals surface area contributed by atoms with Crippen molar-refractivity contribution >= 4 is 22.9 Å². The fourth-order valence-electron chi connectivity index (χ4n) is 2.47. The molecule has 0 aliphatic heterocycles. The topological polar surface area (TPSA) is 29.3 Å². The summed E-state index contributed by atoms with van der Waals surface area (Å²) >= 11 is 7.62. The summed E-state index contributed by atoms with van der Waals surface area (Å²) in [7, 11) is 2.13. The van der Waals surface area contributed by atoms with Crippen molar-refractivity contribution < 1.29 is 0 Å². The van der Waals surface area contributed by atoms with Crippen LogP contribution in [0, 0.1) is 0 Å². The van der Waals surface area contributed by atoms with Crippen LogP contribution in [0.1, 0.15) is 17.4 Å². The maximum Gasteiger partial charge on any atom is 0.0931 e. The lowest BCUT2D eigenvalue weighted by molar-refractivity contribution is 0.254. The highest BCUT2D eigenvalue weighted by Crippen LogP contribution is 2.26. The highest BCUT2D eigenvalue weighted by molar-refractivity contribution is 7.16. The number of nitrogens with zero attached hydrogens (tertiary/aromatic N) is 1. The molecule has 0 amide bonds.